The Kier molecular flexibility index (Phi) is 6.57. The van der Waals surface area contributed by atoms with Gasteiger partial charge in [0.1, 0.15) is 6.54 Å². The highest BCUT2D eigenvalue weighted by atomic mass is 16.2. The minimum absolute atomic E-state index is 0.00600. The van der Waals surface area contributed by atoms with Gasteiger partial charge in [-0.25, -0.2) is 0 Å². The van der Waals surface area contributed by atoms with Crippen molar-refractivity contribution in [1.29, 1.82) is 0 Å². The summed E-state index contributed by atoms with van der Waals surface area (Å²) in [6, 6.07) is 12.0. The first-order valence-corrected chi connectivity index (χ1v) is 10.4. The lowest BCUT2D eigenvalue weighted by molar-refractivity contribution is -0.120. The fourth-order valence-corrected chi connectivity index (χ4v) is 4.20. The maximum atomic E-state index is 12.7. The fourth-order valence-electron chi connectivity index (χ4n) is 4.20. The number of carbonyl (C=O) groups excluding carboxylic acids is 2. The molecule has 1 saturated heterocycles. The zero-order chi connectivity index (χ0) is 21.0. The van der Waals surface area contributed by atoms with Gasteiger partial charge in [0.05, 0.1) is 5.69 Å². The zero-order valence-corrected chi connectivity index (χ0v) is 17.9. The van der Waals surface area contributed by atoms with Crippen molar-refractivity contribution in [2.45, 2.75) is 47.0 Å². The van der Waals surface area contributed by atoms with E-state index in [0.717, 1.165) is 41.2 Å². The van der Waals surface area contributed by atoms with Crippen molar-refractivity contribution in [3.05, 3.63) is 53.1 Å². The molecule has 3 rings (SSSR count). The summed E-state index contributed by atoms with van der Waals surface area (Å²) in [5.74, 6) is -0.346. The summed E-state index contributed by atoms with van der Waals surface area (Å²) >= 11 is 0. The first-order chi connectivity index (χ1) is 13.8. The van der Waals surface area contributed by atoms with Crippen LogP contribution in [0.2, 0.25) is 0 Å². The predicted molar refractivity (Wildman–Crippen MR) is 120 cm³/mol. The molecule has 2 aromatic rings. The summed E-state index contributed by atoms with van der Waals surface area (Å²) in [5, 5.41) is 2.93. The van der Waals surface area contributed by atoms with E-state index < -0.39 is 0 Å². The van der Waals surface area contributed by atoms with Crippen molar-refractivity contribution in [3.8, 4) is 0 Å². The fraction of sp³-hybridized carbons (Fsp3) is 0.417. The van der Waals surface area contributed by atoms with Crippen molar-refractivity contribution in [2.75, 3.05) is 34.8 Å². The van der Waals surface area contributed by atoms with E-state index in [1.54, 1.807) is 4.90 Å². The molecule has 0 aliphatic carbocycles. The van der Waals surface area contributed by atoms with Crippen LogP contribution in [0.5, 0.6) is 0 Å². The van der Waals surface area contributed by atoms with Crippen LogP contribution in [0.3, 0.4) is 0 Å². The van der Waals surface area contributed by atoms with Gasteiger partial charge in [-0.3, -0.25) is 9.59 Å². The van der Waals surface area contributed by atoms with E-state index in [1.165, 1.54) is 31.9 Å². The van der Waals surface area contributed by atoms with Gasteiger partial charge in [0, 0.05) is 31.4 Å². The molecule has 1 aliphatic rings. The van der Waals surface area contributed by atoms with Crippen molar-refractivity contribution >= 4 is 28.9 Å². The maximum Gasteiger partial charge on any atom is 0.244 e. The molecular weight excluding hydrogens is 362 g/mol. The van der Waals surface area contributed by atoms with Crippen LogP contribution in [0.25, 0.3) is 0 Å². The van der Waals surface area contributed by atoms with E-state index in [2.05, 4.69) is 22.3 Å². The second-order valence-corrected chi connectivity index (χ2v) is 8.00. The van der Waals surface area contributed by atoms with Crippen LogP contribution >= 0.6 is 0 Å². The molecule has 1 fully saturated rings. The number of benzene rings is 2. The average molecular weight is 394 g/mol. The second-order valence-electron chi connectivity index (χ2n) is 8.00. The molecule has 0 aromatic heterocycles. The van der Waals surface area contributed by atoms with Crippen LogP contribution in [0.1, 0.15) is 42.9 Å². The first-order valence-electron chi connectivity index (χ1n) is 10.4. The van der Waals surface area contributed by atoms with E-state index in [4.69, 9.17) is 0 Å². The Bertz CT molecular complexity index is 860. The quantitative estimate of drug-likeness (QED) is 0.808. The Morgan fingerprint density at radius 1 is 0.966 bits per heavy atom. The molecule has 5 nitrogen and oxygen atoms in total. The molecular formula is C24H31N3O2. The lowest BCUT2D eigenvalue weighted by Crippen LogP contribution is -2.37. The van der Waals surface area contributed by atoms with Gasteiger partial charge >= 0.3 is 0 Å². The minimum atomic E-state index is -0.203. The van der Waals surface area contributed by atoms with Crippen molar-refractivity contribution in [1.82, 2.24) is 0 Å². The molecule has 0 unspecified atom stereocenters. The maximum absolute atomic E-state index is 12.7. The second kappa shape index (κ2) is 9.12. The van der Waals surface area contributed by atoms with Crippen LogP contribution in [0, 0.1) is 20.8 Å². The third kappa shape index (κ3) is 5.17. The number of amides is 2. The summed E-state index contributed by atoms with van der Waals surface area (Å²) < 4.78 is 0. The number of rotatable bonds is 5. The smallest absolute Gasteiger partial charge is 0.244 e. The number of hydrogen-bond donors (Lipinski definition) is 1. The van der Waals surface area contributed by atoms with E-state index >= 15 is 0 Å². The molecule has 0 atom stereocenters. The summed E-state index contributed by atoms with van der Waals surface area (Å²) in [6.07, 6.45) is 3.77. The standard InChI is InChI=1S/C24H31N3O2/c1-17-14-18(2)24(19(3)15-17)27(20(4)28)16-23(29)25-21-8-10-22(11-9-21)26-12-6-5-7-13-26/h8-11,14-15H,5-7,12-13,16H2,1-4H3,(H,25,29). The van der Waals surface area contributed by atoms with Crippen LogP contribution in [-0.4, -0.2) is 31.4 Å². The molecule has 0 spiro atoms. The zero-order valence-electron chi connectivity index (χ0n) is 17.9. The Morgan fingerprint density at radius 2 is 1.55 bits per heavy atom. The van der Waals surface area contributed by atoms with E-state index in [9.17, 15) is 9.59 Å². The number of nitrogens with one attached hydrogen (secondary N) is 1. The molecule has 1 aliphatic heterocycles. The highest BCUT2D eigenvalue weighted by molar-refractivity contribution is 6.02. The minimum Gasteiger partial charge on any atom is -0.372 e. The van der Waals surface area contributed by atoms with Gasteiger partial charge in [-0.05, 0) is 75.4 Å². The largest absolute Gasteiger partial charge is 0.372 e. The van der Waals surface area contributed by atoms with Gasteiger partial charge in [-0.15, -0.1) is 0 Å². The SMILES string of the molecule is CC(=O)N(CC(=O)Nc1ccc(N2CCCCC2)cc1)c1c(C)cc(C)cc1C. The normalized spacial score (nSPS) is 13.9. The van der Waals surface area contributed by atoms with Crippen molar-refractivity contribution < 1.29 is 9.59 Å². The molecule has 0 saturated carbocycles. The van der Waals surface area contributed by atoms with Crippen molar-refractivity contribution in [3.63, 3.8) is 0 Å². The van der Waals surface area contributed by atoms with Gasteiger partial charge in [-0.2, -0.15) is 0 Å². The number of aryl methyl sites for hydroxylation is 3. The van der Waals surface area contributed by atoms with Crippen LogP contribution in [-0.2, 0) is 9.59 Å². The molecule has 154 valence electrons. The lowest BCUT2D eigenvalue weighted by atomic mass is 10.0. The molecule has 2 aromatic carbocycles. The third-order valence-corrected chi connectivity index (χ3v) is 5.46. The number of anilines is 3. The first kappa shape index (κ1) is 20.9. The summed E-state index contributed by atoms with van der Waals surface area (Å²) in [5.41, 5.74) is 5.90. The third-order valence-electron chi connectivity index (χ3n) is 5.46. The Morgan fingerprint density at radius 3 is 2.10 bits per heavy atom. The van der Waals surface area contributed by atoms with E-state index in [-0.39, 0.29) is 18.4 Å². The van der Waals surface area contributed by atoms with Crippen molar-refractivity contribution in [2.24, 2.45) is 0 Å². The Labute approximate surface area is 173 Å². The monoisotopic (exact) mass is 393 g/mol. The number of piperidine rings is 1. The average Bonchev–Trinajstić information content (AvgIpc) is 2.67. The molecule has 5 heteroatoms. The molecule has 0 bridgehead atoms. The molecule has 1 heterocycles. The van der Waals surface area contributed by atoms with Crippen LogP contribution in [0.4, 0.5) is 17.1 Å². The van der Waals surface area contributed by atoms with Crippen LogP contribution in [0.15, 0.2) is 36.4 Å². The van der Waals surface area contributed by atoms with E-state index in [0.29, 0.717) is 0 Å². The summed E-state index contributed by atoms with van der Waals surface area (Å²) in [4.78, 5) is 28.9. The van der Waals surface area contributed by atoms with Gasteiger partial charge in [0.2, 0.25) is 11.8 Å². The number of nitrogens with zero attached hydrogens (tertiary/aromatic N) is 2. The molecule has 1 N–H and O–H groups in total. The number of carbonyl (C=O) groups is 2. The Hall–Kier alpha value is -2.82. The van der Waals surface area contributed by atoms with Gasteiger partial charge in [-0.1, -0.05) is 17.7 Å². The van der Waals surface area contributed by atoms with Crippen LogP contribution < -0.4 is 15.1 Å². The molecule has 29 heavy (non-hydrogen) atoms. The summed E-state index contributed by atoms with van der Waals surface area (Å²) in [7, 11) is 0. The number of hydrogen-bond acceptors (Lipinski definition) is 3. The highest BCUT2D eigenvalue weighted by Crippen LogP contribution is 2.27. The van der Waals surface area contributed by atoms with Gasteiger partial charge in [0.25, 0.3) is 0 Å². The summed E-state index contributed by atoms with van der Waals surface area (Å²) in [6.45, 7) is 9.66. The highest BCUT2D eigenvalue weighted by Gasteiger charge is 2.20. The predicted octanol–water partition coefficient (Wildman–Crippen LogP) is 4.59. The Balaban J connectivity index is 1.69. The topological polar surface area (TPSA) is 52.7 Å². The van der Waals surface area contributed by atoms with Gasteiger partial charge < -0.3 is 15.1 Å². The molecule has 0 radical (unpaired) electrons. The van der Waals surface area contributed by atoms with Gasteiger partial charge in [0.15, 0.2) is 0 Å². The molecule has 2 amide bonds. The van der Waals surface area contributed by atoms with E-state index in [1.807, 2.05) is 45.0 Å². The lowest BCUT2D eigenvalue weighted by Gasteiger charge is -2.29.